The number of nitrogens with zero attached hydrogens (tertiary/aromatic N) is 1. The first-order valence-corrected chi connectivity index (χ1v) is 8.51. The predicted molar refractivity (Wildman–Crippen MR) is 92.5 cm³/mol. The summed E-state index contributed by atoms with van der Waals surface area (Å²) in [4.78, 5) is 12.3. The molecule has 0 unspecified atom stereocenters. The Kier molecular flexibility index (Phi) is 4.81. The second-order valence-corrected chi connectivity index (χ2v) is 6.66. The Morgan fingerprint density at radius 2 is 2.24 bits per heavy atom. The maximum Gasteiger partial charge on any atom is 0.224 e. The molecule has 0 aliphatic heterocycles. The fourth-order valence-electron chi connectivity index (χ4n) is 3.47. The third-order valence-corrected chi connectivity index (χ3v) is 4.95. The lowest BCUT2D eigenvalue weighted by molar-refractivity contribution is -0.122. The quantitative estimate of drug-likeness (QED) is 0.868. The normalized spacial score (nSPS) is 19.4. The van der Waals surface area contributed by atoms with Crippen molar-refractivity contribution in [3.8, 4) is 5.75 Å². The van der Waals surface area contributed by atoms with Crippen LogP contribution in [0.25, 0.3) is 0 Å². The molecular weight excluding hydrogens is 320 g/mol. The van der Waals surface area contributed by atoms with Crippen LogP contribution in [0.1, 0.15) is 41.0 Å². The molecule has 0 fully saturated rings. The smallest absolute Gasteiger partial charge is 0.224 e. The first-order chi connectivity index (χ1) is 11.9. The van der Waals surface area contributed by atoms with E-state index in [1.807, 2.05) is 25.1 Å². The maximum atomic E-state index is 12.3. The number of rotatable bonds is 5. The van der Waals surface area contributed by atoms with Crippen molar-refractivity contribution >= 4 is 5.91 Å². The monoisotopic (exact) mass is 344 g/mol. The Balaban J connectivity index is 1.70. The summed E-state index contributed by atoms with van der Waals surface area (Å²) in [6.07, 6.45) is 2.60. The lowest BCUT2D eigenvalue weighted by Gasteiger charge is -2.35. The molecule has 134 valence electrons. The molecule has 2 aromatic rings. The maximum absolute atomic E-state index is 12.3. The predicted octanol–water partition coefficient (Wildman–Crippen LogP) is 2.18. The van der Waals surface area contributed by atoms with Gasteiger partial charge in [0.25, 0.3) is 0 Å². The summed E-state index contributed by atoms with van der Waals surface area (Å²) < 4.78 is 10.3. The van der Waals surface area contributed by atoms with Gasteiger partial charge in [0.1, 0.15) is 17.1 Å². The van der Waals surface area contributed by atoms with Crippen molar-refractivity contribution in [2.24, 2.45) is 0 Å². The molecule has 0 radical (unpaired) electrons. The van der Waals surface area contributed by atoms with Crippen molar-refractivity contribution in [3.63, 3.8) is 0 Å². The summed E-state index contributed by atoms with van der Waals surface area (Å²) in [5, 5.41) is 17.8. The lowest BCUT2D eigenvalue weighted by atomic mass is 9.79. The van der Waals surface area contributed by atoms with E-state index in [1.54, 1.807) is 14.0 Å². The number of benzene rings is 1. The largest absolute Gasteiger partial charge is 0.497 e. The number of carbonyl (C=O) groups is 1. The van der Waals surface area contributed by atoms with Crippen molar-refractivity contribution in [2.75, 3.05) is 13.7 Å². The highest BCUT2D eigenvalue weighted by atomic mass is 16.5. The average Bonchev–Trinajstić information content (AvgIpc) is 2.92. The molecule has 0 saturated heterocycles. The van der Waals surface area contributed by atoms with Gasteiger partial charge in [0.15, 0.2) is 0 Å². The van der Waals surface area contributed by atoms with E-state index in [-0.39, 0.29) is 18.9 Å². The number of carbonyl (C=O) groups excluding carboxylic acids is 1. The molecule has 1 amide bonds. The van der Waals surface area contributed by atoms with Gasteiger partial charge < -0.3 is 19.7 Å². The number of nitrogens with one attached hydrogen (secondary N) is 1. The van der Waals surface area contributed by atoms with Crippen LogP contribution >= 0.6 is 0 Å². The van der Waals surface area contributed by atoms with Crippen LogP contribution in [0.3, 0.4) is 0 Å². The van der Waals surface area contributed by atoms with E-state index >= 15 is 0 Å². The van der Waals surface area contributed by atoms with Gasteiger partial charge >= 0.3 is 0 Å². The van der Waals surface area contributed by atoms with Crippen LogP contribution in [0.2, 0.25) is 0 Å². The Morgan fingerprint density at radius 1 is 1.44 bits per heavy atom. The molecule has 3 rings (SSSR count). The molecule has 0 spiro atoms. The fraction of sp³-hybridized carbons (Fsp3) is 0.474. The molecule has 2 N–H and O–H groups in total. The summed E-state index contributed by atoms with van der Waals surface area (Å²) in [6.45, 7) is 3.80. The third-order valence-electron chi connectivity index (χ3n) is 4.95. The highest BCUT2D eigenvalue weighted by Gasteiger charge is 2.35. The summed E-state index contributed by atoms with van der Waals surface area (Å²) in [6, 6.07) is 5.71. The molecule has 1 heterocycles. The van der Waals surface area contributed by atoms with Crippen molar-refractivity contribution in [3.05, 3.63) is 46.3 Å². The van der Waals surface area contributed by atoms with Gasteiger partial charge in [0, 0.05) is 5.56 Å². The SMILES string of the molecule is COc1ccc2c(c1)CCC[C@@]2(O)CNC(=O)Cc1c(C)noc1C. The summed E-state index contributed by atoms with van der Waals surface area (Å²) in [5.74, 6) is 1.29. The molecule has 1 aromatic carbocycles. The zero-order valence-electron chi connectivity index (χ0n) is 14.9. The zero-order valence-corrected chi connectivity index (χ0v) is 14.9. The van der Waals surface area contributed by atoms with Crippen LogP contribution < -0.4 is 10.1 Å². The van der Waals surface area contributed by atoms with Gasteiger partial charge in [-0.1, -0.05) is 11.2 Å². The van der Waals surface area contributed by atoms with E-state index in [0.29, 0.717) is 12.2 Å². The number of hydrogen-bond acceptors (Lipinski definition) is 5. The van der Waals surface area contributed by atoms with Crippen molar-refractivity contribution in [2.45, 2.75) is 45.1 Å². The Hall–Kier alpha value is -2.34. The van der Waals surface area contributed by atoms with Gasteiger partial charge in [-0.05, 0) is 56.4 Å². The van der Waals surface area contributed by atoms with E-state index in [2.05, 4.69) is 10.5 Å². The average molecular weight is 344 g/mol. The van der Waals surface area contributed by atoms with Crippen LogP contribution in [0, 0.1) is 13.8 Å². The molecule has 0 saturated carbocycles. The van der Waals surface area contributed by atoms with Gasteiger partial charge in [-0.3, -0.25) is 4.79 Å². The van der Waals surface area contributed by atoms with Crippen LogP contribution in [-0.2, 0) is 23.2 Å². The number of hydrogen-bond donors (Lipinski definition) is 2. The number of aryl methyl sites for hydroxylation is 3. The minimum absolute atomic E-state index is 0.150. The number of aliphatic hydroxyl groups is 1. The summed E-state index contributed by atoms with van der Waals surface area (Å²) in [5.41, 5.74) is 2.43. The van der Waals surface area contributed by atoms with Crippen molar-refractivity contribution in [1.82, 2.24) is 10.5 Å². The minimum atomic E-state index is -1.05. The summed E-state index contributed by atoms with van der Waals surface area (Å²) >= 11 is 0. The first kappa shape index (κ1) is 17.5. The molecule has 1 aromatic heterocycles. The Labute approximate surface area is 147 Å². The van der Waals surface area contributed by atoms with Crippen LogP contribution in [0.15, 0.2) is 22.7 Å². The third kappa shape index (κ3) is 3.54. The van der Waals surface area contributed by atoms with Crippen molar-refractivity contribution < 1.29 is 19.2 Å². The van der Waals surface area contributed by atoms with Crippen molar-refractivity contribution in [1.29, 1.82) is 0 Å². The number of amides is 1. The number of ether oxygens (including phenoxy) is 1. The lowest BCUT2D eigenvalue weighted by Crippen LogP contribution is -2.43. The zero-order chi connectivity index (χ0) is 18.0. The molecule has 1 aliphatic carbocycles. The molecule has 1 atom stereocenters. The number of methoxy groups -OCH3 is 1. The van der Waals surface area contributed by atoms with E-state index in [9.17, 15) is 9.90 Å². The standard InChI is InChI=1S/C19H24N2O4/c1-12-16(13(2)25-21-12)10-18(22)20-11-19(23)8-4-5-14-9-15(24-3)6-7-17(14)19/h6-7,9,23H,4-5,8,10-11H2,1-3H3,(H,20,22)/t19-/m1/s1. The van der Waals surface area contributed by atoms with Crippen LogP contribution in [0.5, 0.6) is 5.75 Å². The van der Waals surface area contributed by atoms with Crippen LogP contribution in [-0.4, -0.2) is 29.8 Å². The first-order valence-electron chi connectivity index (χ1n) is 8.51. The molecular formula is C19H24N2O4. The number of fused-ring (bicyclic) bond motifs is 1. The van der Waals surface area contributed by atoms with Gasteiger partial charge in [-0.2, -0.15) is 0 Å². The molecule has 0 bridgehead atoms. The molecule has 25 heavy (non-hydrogen) atoms. The van der Waals surface area contributed by atoms with Crippen LogP contribution in [0.4, 0.5) is 0 Å². The topological polar surface area (TPSA) is 84.6 Å². The van der Waals surface area contributed by atoms with E-state index < -0.39 is 5.60 Å². The minimum Gasteiger partial charge on any atom is -0.497 e. The Bertz CT molecular complexity index is 764. The Morgan fingerprint density at radius 3 is 2.92 bits per heavy atom. The van der Waals surface area contributed by atoms with Gasteiger partial charge in [-0.15, -0.1) is 0 Å². The fourth-order valence-corrected chi connectivity index (χ4v) is 3.47. The van der Waals surface area contributed by atoms with E-state index in [1.165, 1.54) is 0 Å². The molecule has 1 aliphatic rings. The summed E-state index contributed by atoms with van der Waals surface area (Å²) in [7, 11) is 1.63. The molecule has 6 nitrogen and oxygen atoms in total. The molecule has 6 heteroatoms. The van der Waals surface area contributed by atoms with E-state index in [0.717, 1.165) is 41.0 Å². The number of aromatic nitrogens is 1. The second-order valence-electron chi connectivity index (χ2n) is 6.66. The highest BCUT2D eigenvalue weighted by molar-refractivity contribution is 5.79. The van der Waals surface area contributed by atoms with E-state index in [4.69, 9.17) is 9.26 Å². The highest BCUT2D eigenvalue weighted by Crippen LogP contribution is 2.36. The van der Waals surface area contributed by atoms with Gasteiger partial charge in [0.2, 0.25) is 5.91 Å². The van der Waals surface area contributed by atoms with Gasteiger partial charge in [0.05, 0.1) is 25.8 Å². The second kappa shape index (κ2) is 6.88. The van der Waals surface area contributed by atoms with Gasteiger partial charge in [-0.25, -0.2) is 0 Å².